The largest absolute Gasteiger partial charge is 0.355 e. The monoisotopic (exact) mass is 420 g/mol. The van der Waals surface area contributed by atoms with Crippen molar-refractivity contribution in [3.8, 4) is 22.6 Å². The third kappa shape index (κ3) is 3.22. The highest BCUT2D eigenvalue weighted by molar-refractivity contribution is 7.08. The number of anilines is 1. The summed E-state index contributed by atoms with van der Waals surface area (Å²) in [6.45, 7) is 7.54. The van der Waals surface area contributed by atoms with Crippen molar-refractivity contribution in [1.29, 1.82) is 0 Å². The minimum Gasteiger partial charge on any atom is -0.355 e. The Morgan fingerprint density at radius 2 is 1.90 bits per heavy atom. The zero-order valence-corrected chi connectivity index (χ0v) is 18.1. The van der Waals surface area contributed by atoms with Crippen LogP contribution in [-0.2, 0) is 0 Å². The van der Waals surface area contributed by atoms with Gasteiger partial charge in [-0.2, -0.15) is 11.3 Å². The molecular weight excluding hydrogens is 396 g/mol. The topological polar surface area (TPSA) is 80.9 Å². The van der Waals surface area contributed by atoms with Gasteiger partial charge in [-0.05, 0) is 55.4 Å². The summed E-state index contributed by atoms with van der Waals surface area (Å²) >= 11 is 1.61. The van der Waals surface area contributed by atoms with Gasteiger partial charge in [0, 0.05) is 43.0 Å². The van der Waals surface area contributed by atoms with E-state index in [2.05, 4.69) is 38.3 Å². The maximum Gasteiger partial charge on any atom is 0.180 e. The number of likely N-dealkylation sites (N-methyl/N-ethyl adjacent to an activating group) is 1. The number of carbonyl (C=O) groups is 1. The molecule has 0 unspecified atom stereocenters. The maximum absolute atomic E-state index is 12.4. The number of piperazine rings is 1. The number of nitrogens with one attached hydrogen (secondary N) is 2. The Morgan fingerprint density at radius 1 is 1.10 bits per heavy atom. The summed E-state index contributed by atoms with van der Waals surface area (Å²) in [5, 5.41) is 4.08. The van der Waals surface area contributed by atoms with Crippen LogP contribution in [0.1, 0.15) is 23.0 Å². The lowest BCUT2D eigenvalue weighted by molar-refractivity contribution is 0.101. The fraction of sp³-hybridized carbons (Fsp3) is 0.318. The number of hydrogen-bond acceptors (Lipinski definition) is 6. The average Bonchev–Trinajstić information content (AvgIpc) is 3.45. The van der Waals surface area contributed by atoms with Gasteiger partial charge >= 0.3 is 0 Å². The highest BCUT2D eigenvalue weighted by atomic mass is 32.1. The third-order valence-corrected chi connectivity index (χ3v) is 6.43. The summed E-state index contributed by atoms with van der Waals surface area (Å²) < 4.78 is 0. The van der Waals surface area contributed by atoms with Crippen LogP contribution in [-0.4, -0.2) is 63.8 Å². The van der Waals surface area contributed by atoms with Crippen molar-refractivity contribution >= 4 is 34.1 Å². The van der Waals surface area contributed by atoms with Gasteiger partial charge in [-0.15, -0.1) is 0 Å². The van der Waals surface area contributed by atoms with Crippen LogP contribution in [0, 0.1) is 6.92 Å². The molecule has 1 aliphatic heterocycles. The van der Waals surface area contributed by atoms with E-state index in [1.807, 2.05) is 24.4 Å². The molecule has 4 aromatic heterocycles. The van der Waals surface area contributed by atoms with E-state index >= 15 is 0 Å². The Hall–Kier alpha value is -2.97. The number of hydrogen-bond donors (Lipinski definition) is 2. The molecule has 2 N–H and O–H groups in total. The van der Waals surface area contributed by atoms with E-state index in [4.69, 9.17) is 9.97 Å². The molecule has 0 amide bonds. The van der Waals surface area contributed by atoms with Crippen molar-refractivity contribution in [3.05, 3.63) is 40.2 Å². The molecule has 1 fully saturated rings. The number of ketones is 1. The van der Waals surface area contributed by atoms with E-state index in [1.54, 1.807) is 18.3 Å². The molecule has 30 heavy (non-hydrogen) atoms. The molecule has 0 aromatic carbocycles. The van der Waals surface area contributed by atoms with Crippen molar-refractivity contribution in [2.75, 3.05) is 38.1 Å². The first-order valence-corrected chi connectivity index (χ1v) is 11.0. The minimum atomic E-state index is 0.0442. The van der Waals surface area contributed by atoms with Crippen LogP contribution in [0.2, 0.25) is 0 Å². The lowest BCUT2D eigenvalue weighted by Crippen LogP contribution is -2.44. The fourth-order valence-corrected chi connectivity index (χ4v) is 4.80. The summed E-state index contributed by atoms with van der Waals surface area (Å²) in [6, 6.07) is 6.13. The number of carbonyl (C=O) groups excluding carboxylic acids is 1. The number of nitrogens with zero attached hydrogens (tertiary/aromatic N) is 4. The molecule has 0 atom stereocenters. The predicted molar refractivity (Wildman–Crippen MR) is 121 cm³/mol. The number of aromatic nitrogens is 4. The highest BCUT2D eigenvalue weighted by Crippen LogP contribution is 2.37. The van der Waals surface area contributed by atoms with Crippen LogP contribution >= 0.6 is 11.3 Å². The van der Waals surface area contributed by atoms with Crippen LogP contribution in [0.3, 0.4) is 0 Å². The van der Waals surface area contributed by atoms with Crippen LogP contribution in [0.4, 0.5) is 5.82 Å². The van der Waals surface area contributed by atoms with Crippen molar-refractivity contribution in [1.82, 2.24) is 24.8 Å². The number of aryl methyl sites for hydroxylation is 1. The number of aromatic amines is 2. The van der Waals surface area contributed by atoms with Gasteiger partial charge in [-0.1, -0.05) is 0 Å². The Bertz CT molecular complexity index is 1210. The van der Waals surface area contributed by atoms with E-state index in [-0.39, 0.29) is 5.78 Å². The maximum atomic E-state index is 12.4. The fourth-order valence-electron chi connectivity index (χ4n) is 4.15. The SMILES string of the molecule is CC(=O)c1c(C)[nH]c(-c2nc3nc(N4CCN(C)CC4)ccc3[nH]2)c1-c1ccsc1. The zero-order valence-electron chi connectivity index (χ0n) is 17.3. The molecule has 0 spiro atoms. The summed E-state index contributed by atoms with van der Waals surface area (Å²) in [5.74, 6) is 1.70. The first-order chi connectivity index (χ1) is 14.5. The number of thiophene rings is 1. The van der Waals surface area contributed by atoms with E-state index in [0.717, 1.165) is 65.6 Å². The third-order valence-electron chi connectivity index (χ3n) is 5.74. The van der Waals surface area contributed by atoms with Gasteiger partial charge < -0.3 is 19.8 Å². The zero-order chi connectivity index (χ0) is 20.8. The van der Waals surface area contributed by atoms with Gasteiger partial charge in [0.1, 0.15) is 5.82 Å². The number of H-pyrrole nitrogens is 2. The van der Waals surface area contributed by atoms with Gasteiger partial charge in [-0.3, -0.25) is 4.79 Å². The van der Waals surface area contributed by atoms with Crippen molar-refractivity contribution in [2.24, 2.45) is 0 Å². The standard InChI is InChI=1S/C22H24N6OS/c1-13-18(14(2)29)19(15-6-11-30-12-15)20(23-13)22-24-16-4-5-17(25-21(16)26-22)28-9-7-27(3)8-10-28/h4-6,11-12,23H,7-10H2,1-3H3,(H,24,25,26). The second kappa shape index (κ2) is 7.37. The molecule has 0 bridgehead atoms. The quantitative estimate of drug-likeness (QED) is 0.489. The lowest BCUT2D eigenvalue weighted by atomic mass is 10.00. The summed E-state index contributed by atoms with van der Waals surface area (Å²) in [7, 11) is 2.15. The Morgan fingerprint density at radius 3 is 2.60 bits per heavy atom. The Kier molecular flexibility index (Phi) is 4.67. The van der Waals surface area contributed by atoms with E-state index in [0.29, 0.717) is 11.5 Å². The summed E-state index contributed by atoms with van der Waals surface area (Å²) in [6.07, 6.45) is 0. The Balaban J connectivity index is 1.59. The molecule has 0 radical (unpaired) electrons. The molecule has 1 saturated heterocycles. The minimum absolute atomic E-state index is 0.0442. The number of fused-ring (bicyclic) bond motifs is 1. The lowest BCUT2D eigenvalue weighted by Gasteiger charge is -2.33. The van der Waals surface area contributed by atoms with Crippen molar-refractivity contribution < 1.29 is 4.79 Å². The highest BCUT2D eigenvalue weighted by Gasteiger charge is 2.23. The second-order valence-corrected chi connectivity index (χ2v) is 8.64. The van der Waals surface area contributed by atoms with Crippen molar-refractivity contribution in [2.45, 2.75) is 13.8 Å². The molecular formula is C22H24N6OS. The van der Waals surface area contributed by atoms with Gasteiger partial charge in [0.15, 0.2) is 17.3 Å². The number of imidazole rings is 1. The first-order valence-electron chi connectivity index (χ1n) is 10.1. The smallest absolute Gasteiger partial charge is 0.180 e. The van der Waals surface area contributed by atoms with Crippen LogP contribution in [0.15, 0.2) is 29.0 Å². The normalized spacial score (nSPS) is 15.2. The molecule has 154 valence electrons. The molecule has 8 heteroatoms. The van der Waals surface area contributed by atoms with Gasteiger partial charge in [0.05, 0.1) is 11.2 Å². The van der Waals surface area contributed by atoms with Gasteiger partial charge in [0.25, 0.3) is 0 Å². The Labute approximate surface area is 178 Å². The molecule has 5 rings (SSSR count). The summed E-state index contributed by atoms with van der Waals surface area (Å²) in [4.78, 5) is 33.4. The average molecular weight is 421 g/mol. The van der Waals surface area contributed by atoms with E-state index in [9.17, 15) is 4.79 Å². The van der Waals surface area contributed by atoms with Crippen LogP contribution in [0.5, 0.6) is 0 Å². The molecule has 1 aliphatic rings. The number of rotatable bonds is 4. The number of pyridine rings is 1. The molecule has 4 aromatic rings. The molecule has 7 nitrogen and oxygen atoms in total. The summed E-state index contributed by atoms with van der Waals surface area (Å²) in [5.41, 5.74) is 5.90. The van der Waals surface area contributed by atoms with Crippen LogP contribution in [0.25, 0.3) is 33.8 Å². The first kappa shape index (κ1) is 19.0. The van der Waals surface area contributed by atoms with E-state index in [1.165, 1.54) is 0 Å². The van der Waals surface area contributed by atoms with Crippen molar-refractivity contribution in [3.63, 3.8) is 0 Å². The molecule has 0 aliphatic carbocycles. The van der Waals surface area contributed by atoms with E-state index < -0.39 is 0 Å². The second-order valence-electron chi connectivity index (χ2n) is 7.86. The predicted octanol–water partition coefficient (Wildman–Crippen LogP) is 3.94. The number of Topliss-reactive ketones (excluding diaryl/α,β-unsaturated/α-hetero) is 1. The molecule has 0 saturated carbocycles. The molecule has 5 heterocycles. The van der Waals surface area contributed by atoms with Crippen LogP contribution < -0.4 is 4.90 Å². The van der Waals surface area contributed by atoms with Gasteiger partial charge in [-0.25, -0.2) is 9.97 Å². The van der Waals surface area contributed by atoms with Gasteiger partial charge in [0.2, 0.25) is 0 Å².